The van der Waals surface area contributed by atoms with Crippen LogP contribution in [0.25, 0.3) is 0 Å². The monoisotopic (exact) mass is 356 g/mol. The van der Waals surface area contributed by atoms with Crippen molar-refractivity contribution in [1.29, 1.82) is 0 Å². The number of carbonyl (C=O) groups excluding carboxylic acids is 1. The summed E-state index contributed by atoms with van der Waals surface area (Å²) in [5.74, 6) is 2.07. The molecule has 0 N–H and O–H groups in total. The van der Waals surface area contributed by atoms with Crippen molar-refractivity contribution in [2.75, 3.05) is 19.8 Å². The van der Waals surface area contributed by atoms with Crippen LogP contribution in [0.4, 0.5) is 0 Å². The predicted molar refractivity (Wildman–Crippen MR) is 104 cm³/mol. The molecule has 0 spiro atoms. The van der Waals surface area contributed by atoms with E-state index < -0.39 is 0 Å². The third-order valence-corrected chi connectivity index (χ3v) is 3.95. The second-order valence-electron chi connectivity index (χ2n) is 7.20. The van der Waals surface area contributed by atoms with Crippen LogP contribution in [-0.4, -0.2) is 26.1 Å². The van der Waals surface area contributed by atoms with E-state index >= 15 is 0 Å². The van der Waals surface area contributed by atoms with E-state index in [0.717, 1.165) is 12.0 Å². The third kappa shape index (κ3) is 5.25. The second kappa shape index (κ2) is 8.75. The molecule has 0 aliphatic carbocycles. The van der Waals surface area contributed by atoms with Crippen LogP contribution in [0.15, 0.2) is 36.4 Å². The van der Waals surface area contributed by atoms with Gasteiger partial charge in [0.1, 0.15) is 25.2 Å². The zero-order chi connectivity index (χ0) is 19.2. The maximum atomic E-state index is 10.9. The van der Waals surface area contributed by atoms with Crippen molar-refractivity contribution in [1.82, 2.24) is 0 Å². The van der Waals surface area contributed by atoms with Gasteiger partial charge in [0.2, 0.25) is 0 Å². The molecule has 0 saturated heterocycles. The molecular formula is C22H28O4. The van der Waals surface area contributed by atoms with Crippen LogP contribution in [0, 0.1) is 6.92 Å². The van der Waals surface area contributed by atoms with Crippen molar-refractivity contribution >= 4 is 6.29 Å². The van der Waals surface area contributed by atoms with E-state index in [1.54, 1.807) is 18.2 Å². The summed E-state index contributed by atoms with van der Waals surface area (Å²) in [6.07, 6.45) is 0.792. The summed E-state index contributed by atoms with van der Waals surface area (Å²) in [6.45, 7) is 11.8. The minimum Gasteiger partial charge on any atom is -0.490 e. The van der Waals surface area contributed by atoms with Crippen molar-refractivity contribution in [3.8, 4) is 17.2 Å². The van der Waals surface area contributed by atoms with E-state index in [4.69, 9.17) is 14.2 Å². The molecule has 0 saturated carbocycles. The fourth-order valence-corrected chi connectivity index (χ4v) is 2.64. The zero-order valence-corrected chi connectivity index (χ0v) is 16.3. The molecule has 0 heterocycles. The molecule has 2 rings (SSSR count). The van der Waals surface area contributed by atoms with Gasteiger partial charge in [0.15, 0.2) is 11.5 Å². The number of hydrogen-bond acceptors (Lipinski definition) is 4. The first-order chi connectivity index (χ1) is 12.3. The lowest BCUT2D eigenvalue weighted by atomic mass is 9.85. The Bertz CT molecular complexity index is 744. The summed E-state index contributed by atoms with van der Waals surface area (Å²) >= 11 is 0. The van der Waals surface area contributed by atoms with Gasteiger partial charge in [-0.25, -0.2) is 0 Å². The van der Waals surface area contributed by atoms with Gasteiger partial charge < -0.3 is 14.2 Å². The van der Waals surface area contributed by atoms with Gasteiger partial charge in [0.25, 0.3) is 0 Å². The Kier molecular flexibility index (Phi) is 6.67. The predicted octanol–water partition coefficient (Wildman–Crippen LogP) is 4.96. The standard InChI is InChI=1S/C22H28O4/c1-6-24-21-14-17(15-23)8-10-20(21)26-12-11-25-19-9-7-16(2)13-18(19)22(3,4)5/h7-10,13-15H,6,11-12H2,1-5H3. The second-order valence-corrected chi connectivity index (χ2v) is 7.20. The van der Waals surface area contributed by atoms with Gasteiger partial charge in [-0.15, -0.1) is 0 Å². The van der Waals surface area contributed by atoms with Crippen molar-refractivity contribution in [3.05, 3.63) is 53.1 Å². The SMILES string of the molecule is CCOc1cc(C=O)ccc1OCCOc1ccc(C)cc1C(C)(C)C. The molecule has 140 valence electrons. The van der Waals surface area contributed by atoms with Crippen molar-refractivity contribution in [3.63, 3.8) is 0 Å². The van der Waals surface area contributed by atoms with Crippen LogP contribution < -0.4 is 14.2 Å². The number of aryl methyl sites for hydroxylation is 1. The fraction of sp³-hybridized carbons (Fsp3) is 0.409. The van der Waals surface area contributed by atoms with Crippen molar-refractivity contribution in [2.24, 2.45) is 0 Å². The molecule has 0 fully saturated rings. The van der Waals surface area contributed by atoms with Gasteiger partial charge in [-0.05, 0) is 49.1 Å². The number of ether oxygens (including phenoxy) is 3. The Balaban J connectivity index is 2.01. The lowest BCUT2D eigenvalue weighted by Gasteiger charge is -2.23. The minimum absolute atomic E-state index is 0.00894. The average Bonchev–Trinajstić information content (AvgIpc) is 2.60. The molecule has 26 heavy (non-hydrogen) atoms. The van der Waals surface area contributed by atoms with E-state index in [2.05, 4.69) is 39.8 Å². The van der Waals surface area contributed by atoms with Crippen LogP contribution in [0.5, 0.6) is 17.2 Å². The van der Waals surface area contributed by atoms with Gasteiger partial charge in [-0.1, -0.05) is 38.5 Å². The Morgan fingerprint density at radius 1 is 0.885 bits per heavy atom. The quantitative estimate of drug-likeness (QED) is 0.495. The average molecular weight is 356 g/mol. The van der Waals surface area contributed by atoms with Crippen LogP contribution in [0.1, 0.15) is 49.2 Å². The van der Waals surface area contributed by atoms with Crippen LogP contribution >= 0.6 is 0 Å². The van der Waals surface area contributed by atoms with Crippen LogP contribution in [0.3, 0.4) is 0 Å². The number of benzene rings is 2. The normalized spacial score (nSPS) is 11.1. The molecule has 0 aliphatic rings. The number of hydrogen-bond donors (Lipinski definition) is 0. The van der Waals surface area contributed by atoms with Crippen molar-refractivity contribution < 1.29 is 19.0 Å². The molecule has 0 amide bonds. The molecule has 0 atom stereocenters. The van der Waals surface area contributed by atoms with Gasteiger partial charge in [0.05, 0.1) is 6.61 Å². The highest BCUT2D eigenvalue weighted by Gasteiger charge is 2.19. The summed E-state index contributed by atoms with van der Waals surface area (Å²) in [4.78, 5) is 10.9. The first-order valence-electron chi connectivity index (χ1n) is 8.94. The third-order valence-electron chi connectivity index (χ3n) is 3.95. The summed E-state index contributed by atoms with van der Waals surface area (Å²) in [6, 6.07) is 11.4. The molecule has 2 aromatic rings. The topological polar surface area (TPSA) is 44.8 Å². The van der Waals surface area contributed by atoms with E-state index in [1.165, 1.54) is 11.1 Å². The Labute approximate surface area is 156 Å². The summed E-state index contributed by atoms with van der Waals surface area (Å²) in [5.41, 5.74) is 2.97. The van der Waals surface area contributed by atoms with E-state index in [1.807, 2.05) is 13.0 Å². The Morgan fingerprint density at radius 3 is 2.15 bits per heavy atom. The molecule has 0 radical (unpaired) electrons. The molecule has 4 heteroatoms. The smallest absolute Gasteiger partial charge is 0.161 e. The fourth-order valence-electron chi connectivity index (χ4n) is 2.64. The Hall–Kier alpha value is -2.49. The molecule has 0 unspecified atom stereocenters. The Morgan fingerprint density at radius 2 is 1.54 bits per heavy atom. The zero-order valence-electron chi connectivity index (χ0n) is 16.3. The molecule has 0 aromatic heterocycles. The summed E-state index contributed by atoms with van der Waals surface area (Å²) in [5, 5.41) is 0. The lowest BCUT2D eigenvalue weighted by Crippen LogP contribution is -2.16. The van der Waals surface area contributed by atoms with Gasteiger partial charge in [-0.2, -0.15) is 0 Å². The number of aldehydes is 1. The molecule has 4 nitrogen and oxygen atoms in total. The molecule has 0 aliphatic heterocycles. The first-order valence-corrected chi connectivity index (χ1v) is 8.94. The van der Waals surface area contributed by atoms with Gasteiger partial charge in [-0.3, -0.25) is 4.79 Å². The van der Waals surface area contributed by atoms with Gasteiger partial charge >= 0.3 is 0 Å². The van der Waals surface area contributed by atoms with E-state index in [0.29, 0.717) is 36.9 Å². The first kappa shape index (κ1) is 19.8. The molecule has 2 aromatic carbocycles. The largest absolute Gasteiger partial charge is 0.490 e. The highest BCUT2D eigenvalue weighted by Crippen LogP contribution is 2.32. The van der Waals surface area contributed by atoms with Crippen molar-refractivity contribution in [2.45, 2.75) is 40.0 Å². The highest BCUT2D eigenvalue weighted by atomic mass is 16.5. The van der Waals surface area contributed by atoms with Gasteiger partial charge in [0, 0.05) is 5.56 Å². The summed E-state index contributed by atoms with van der Waals surface area (Å²) in [7, 11) is 0. The summed E-state index contributed by atoms with van der Waals surface area (Å²) < 4.78 is 17.3. The number of carbonyl (C=O) groups is 1. The van der Waals surface area contributed by atoms with E-state index in [-0.39, 0.29) is 5.41 Å². The minimum atomic E-state index is 0.00894. The van der Waals surface area contributed by atoms with E-state index in [9.17, 15) is 4.79 Å². The van der Waals surface area contributed by atoms with Crippen LogP contribution in [0.2, 0.25) is 0 Å². The molecule has 0 bridgehead atoms. The molecular weight excluding hydrogens is 328 g/mol. The number of rotatable bonds is 8. The highest BCUT2D eigenvalue weighted by molar-refractivity contribution is 5.76. The maximum Gasteiger partial charge on any atom is 0.161 e. The lowest BCUT2D eigenvalue weighted by molar-refractivity contribution is 0.112. The maximum absolute atomic E-state index is 10.9. The van der Waals surface area contributed by atoms with Crippen LogP contribution in [-0.2, 0) is 5.41 Å².